The van der Waals surface area contributed by atoms with Crippen molar-refractivity contribution in [3.63, 3.8) is 0 Å². The van der Waals surface area contributed by atoms with Crippen molar-refractivity contribution in [1.82, 2.24) is 14.6 Å². The molecule has 0 aromatic carbocycles. The average Bonchev–Trinajstić information content (AvgIpc) is 2.70. The SMILES string of the molecule is CC(C)(C)C(N)Cc1nnc2c(Cl)cc(C(F)(F)F)cn12. The molecule has 1 atom stereocenters. The minimum atomic E-state index is -4.48. The molecule has 2 heterocycles. The number of halogens is 4. The van der Waals surface area contributed by atoms with Crippen molar-refractivity contribution in [2.45, 2.75) is 39.4 Å². The molecule has 0 amide bonds. The number of hydrogen-bond donors (Lipinski definition) is 1. The third kappa shape index (κ3) is 3.29. The van der Waals surface area contributed by atoms with Crippen LogP contribution in [0.2, 0.25) is 5.02 Å². The summed E-state index contributed by atoms with van der Waals surface area (Å²) < 4.78 is 39.8. The summed E-state index contributed by atoms with van der Waals surface area (Å²) >= 11 is 5.85. The van der Waals surface area contributed by atoms with Crippen LogP contribution in [0.1, 0.15) is 32.2 Å². The van der Waals surface area contributed by atoms with Gasteiger partial charge in [-0.2, -0.15) is 13.2 Å². The van der Waals surface area contributed by atoms with Crippen molar-refractivity contribution >= 4 is 17.2 Å². The molecule has 0 aliphatic rings. The van der Waals surface area contributed by atoms with Gasteiger partial charge in [0, 0.05) is 18.7 Å². The molecule has 0 bridgehead atoms. The Hall–Kier alpha value is -1.34. The van der Waals surface area contributed by atoms with Crippen LogP contribution >= 0.6 is 11.6 Å². The van der Waals surface area contributed by atoms with Crippen LogP contribution in [0.3, 0.4) is 0 Å². The summed E-state index contributed by atoms with van der Waals surface area (Å²) in [7, 11) is 0. The molecule has 4 nitrogen and oxygen atoms in total. The fourth-order valence-corrected chi connectivity index (χ4v) is 2.04. The van der Waals surface area contributed by atoms with Crippen LogP contribution in [0.15, 0.2) is 12.3 Å². The molecule has 21 heavy (non-hydrogen) atoms. The standard InChI is InChI=1S/C13H16ClF3N4/c1-12(2,3)9(18)5-10-19-20-11-8(14)4-7(6-21(10)11)13(15,16)17/h4,6,9H,5,18H2,1-3H3. The van der Waals surface area contributed by atoms with Crippen molar-refractivity contribution < 1.29 is 13.2 Å². The minimum Gasteiger partial charge on any atom is -0.327 e. The quantitative estimate of drug-likeness (QED) is 0.923. The van der Waals surface area contributed by atoms with Crippen molar-refractivity contribution in [1.29, 1.82) is 0 Å². The van der Waals surface area contributed by atoms with Crippen molar-refractivity contribution in [3.05, 3.63) is 28.7 Å². The summed E-state index contributed by atoms with van der Waals surface area (Å²) in [5.41, 5.74) is 5.21. The van der Waals surface area contributed by atoms with E-state index >= 15 is 0 Å². The summed E-state index contributed by atoms with van der Waals surface area (Å²) in [6, 6.07) is 0.581. The molecule has 0 radical (unpaired) electrons. The van der Waals surface area contributed by atoms with Gasteiger partial charge < -0.3 is 5.73 Å². The van der Waals surface area contributed by atoms with Gasteiger partial charge >= 0.3 is 6.18 Å². The second-order valence-corrected chi connectivity index (χ2v) is 6.47. The third-order valence-corrected chi connectivity index (χ3v) is 3.65. The molecule has 116 valence electrons. The number of hydrogen-bond acceptors (Lipinski definition) is 3. The maximum Gasteiger partial charge on any atom is 0.417 e. The molecular formula is C13H16ClF3N4. The zero-order chi connectivity index (χ0) is 16.0. The third-order valence-electron chi connectivity index (χ3n) is 3.37. The van der Waals surface area contributed by atoms with E-state index in [1.165, 1.54) is 4.40 Å². The number of rotatable bonds is 2. The van der Waals surface area contributed by atoms with E-state index in [1.807, 2.05) is 20.8 Å². The Labute approximate surface area is 125 Å². The highest BCUT2D eigenvalue weighted by atomic mass is 35.5. The molecule has 2 rings (SSSR count). The summed E-state index contributed by atoms with van der Waals surface area (Å²) in [6.45, 7) is 5.86. The molecule has 2 aromatic heterocycles. The predicted octanol–water partition coefficient (Wildman–Crippen LogP) is 3.32. The van der Waals surface area contributed by atoms with Crippen LogP contribution in [-0.4, -0.2) is 20.6 Å². The van der Waals surface area contributed by atoms with E-state index in [-0.39, 0.29) is 22.1 Å². The first-order chi connectivity index (χ1) is 9.50. The normalized spacial score (nSPS) is 14.7. The number of pyridine rings is 1. The highest BCUT2D eigenvalue weighted by Crippen LogP contribution is 2.32. The first-order valence-electron chi connectivity index (χ1n) is 6.36. The maximum atomic E-state index is 12.8. The van der Waals surface area contributed by atoms with Crippen LogP contribution in [0.25, 0.3) is 5.65 Å². The molecule has 2 N–H and O–H groups in total. The zero-order valence-corrected chi connectivity index (χ0v) is 12.6. The van der Waals surface area contributed by atoms with E-state index in [0.29, 0.717) is 12.2 Å². The van der Waals surface area contributed by atoms with Crippen LogP contribution < -0.4 is 5.73 Å². The number of fused-ring (bicyclic) bond motifs is 1. The lowest BCUT2D eigenvalue weighted by atomic mass is 9.85. The van der Waals surface area contributed by atoms with Gasteiger partial charge in [0.05, 0.1) is 10.6 Å². The first kappa shape index (κ1) is 16.0. The zero-order valence-electron chi connectivity index (χ0n) is 11.9. The molecule has 0 spiro atoms. The number of aromatic nitrogens is 3. The van der Waals surface area contributed by atoms with E-state index in [4.69, 9.17) is 17.3 Å². The number of nitrogens with two attached hydrogens (primary N) is 1. The van der Waals surface area contributed by atoms with Crippen molar-refractivity contribution in [3.8, 4) is 0 Å². The molecule has 8 heteroatoms. The number of alkyl halides is 3. The fraction of sp³-hybridized carbons (Fsp3) is 0.538. The van der Waals surface area contributed by atoms with E-state index < -0.39 is 11.7 Å². The maximum absolute atomic E-state index is 12.8. The van der Waals surface area contributed by atoms with Gasteiger partial charge in [-0.3, -0.25) is 4.40 Å². The van der Waals surface area contributed by atoms with Crippen LogP contribution in [-0.2, 0) is 12.6 Å². The van der Waals surface area contributed by atoms with E-state index in [0.717, 1.165) is 12.3 Å². The highest BCUT2D eigenvalue weighted by Gasteiger charge is 2.32. The first-order valence-corrected chi connectivity index (χ1v) is 6.74. The van der Waals surface area contributed by atoms with Gasteiger partial charge in [0.15, 0.2) is 5.65 Å². The van der Waals surface area contributed by atoms with Gasteiger partial charge in [0.1, 0.15) is 5.82 Å². The summed E-state index contributed by atoms with van der Waals surface area (Å²) in [5, 5.41) is 7.66. The molecule has 2 aromatic rings. The predicted molar refractivity (Wildman–Crippen MR) is 74.1 cm³/mol. The molecule has 1 unspecified atom stereocenters. The van der Waals surface area contributed by atoms with Gasteiger partial charge in [-0.25, -0.2) is 0 Å². The highest BCUT2D eigenvalue weighted by molar-refractivity contribution is 6.33. The Bertz CT molecular complexity index is 658. The molecule has 0 saturated carbocycles. The molecule has 0 fully saturated rings. The van der Waals surface area contributed by atoms with E-state index in [9.17, 15) is 13.2 Å². The van der Waals surface area contributed by atoms with E-state index in [2.05, 4.69) is 10.2 Å². The van der Waals surface area contributed by atoms with Crippen molar-refractivity contribution in [2.24, 2.45) is 11.1 Å². The molecule has 0 aliphatic carbocycles. The monoisotopic (exact) mass is 320 g/mol. The van der Waals surface area contributed by atoms with Crippen LogP contribution in [0, 0.1) is 5.41 Å². The second kappa shape index (κ2) is 5.14. The Morgan fingerprint density at radius 3 is 2.43 bits per heavy atom. The van der Waals surface area contributed by atoms with Gasteiger partial charge in [0.25, 0.3) is 0 Å². The molecule has 0 aliphatic heterocycles. The fourth-order valence-electron chi connectivity index (χ4n) is 1.80. The summed E-state index contributed by atoms with van der Waals surface area (Å²) in [5.74, 6) is 0.362. The second-order valence-electron chi connectivity index (χ2n) is 6.06. The van der Waals surface area contributed by atoms with Crippen molar-refractivity contribution in [2.75, 3.05) is 0 Å². The van der Waals surface area contributed by atoms with Crippen LogP contribution in [0.4, 0.5) is 13.2 Å². The minimum absolute atomic E-state index is 0.0899. The van der Waals surface area contributed by atoms with Gasteiger partial charge in [0.2, 0.25) is 0 Å². The Morgan fingerprint density at radius 2 is 1.90 bits per heavy atom. The summed E-state index contributed by atoms with van der Waals surface area (Å²) in [6.07, 6.45) is -3.22. The van der Waals surface area contributed by atoms with E-state index in [1.54, 1.807) is 0 Å². The number of nitrogens with zero attached hydrogens (tertiary/aromatic N) is 3. The molecular weight excluding hydrogens is 305 g/mol. The van der Waals surface area contributed by atoms with Gasteiger partial charge in [-0.1, -0.05) is 32.4 Å². The topological polar surface area (TPSA) is 56.2 Å². The Morgan fingerprint density at radius 1 is 1.29 bits per heavy atom. The largest absolute Gasteiger partial charge is 0.417 e. The lowest BCUT2D eigenvalue weighted by molar-refractivity contribution is -0.137. The molecule has 0 saturated heterocycles. The smallest absolute Gasteiger partial charge is 0.327 e. The average molecular weight is 321 g/mol. The van der Waals surface area contributed by atoms with Gasteiger partial charge in [-0.05, 0) is 11.5 Å². The summed E-state index contributed by atoms with van der Waals surface area (Å²) in [4.78, 5) is 0. The lowest BCUT2D eigenvalue weighted by Crippen LogP contribution is -2.37. The van der Waals surface area contributed by atoms with Crippen LogP contribution in [0.5, 0.6) is 0 Å². The lowest BCUT2D eigenvalue weighted by Gasteiger charge is -2.26. The Kier molecular flexibility index (Phi) is 3.92. The Balaban J connectivity index is 2.49. The van der Waals surface area contributed by atoms with Gasteiger partial charge in [-0.15, -0.1) is 10.2 Å².